The van der Waals surface area contributed by atoms with Crippen molar-refractivity contribution in [3.63, 3.8) is 0 Å². The van der Waals surface area contributed by atoms with E-state index in [1.54, 1.807) is 32.0 Å². The number of carbonyl (C=O) groups excluding carboxylic acids is 1. The van der Waals surface area contributed by atoms with Crippen LogP contribution in [0.5, 0.6) is 0 Å². The minimum absolute atomic E-state index is 0.0861. The van der Waals surface area contributed by atoms with Crippen LogP contribution in [0.1, 0.15) is 40.0 Å². The number of halogens is 3. The molecule has 0 aliphatic carbocycles. The van der Waals surface area contributed by atoms with E-state index in [2.05, 4.69) is 5.32 Å². The Labute approximate surface area is 170 Å². The maximum atomic E-state index is 12.9. The largest absolute Gasteiger partial charge is 0.416 e. The highest BCUT2D eigenvalue weighted by molar-refractivity contribution is 6.08. The zero-order valence-electron chi connectivity index (χ0n) is 16.5. The molecule has 30 heavy (non-hydrogen) atoms. The summed E-state index contributed by atoms with van der Waals surface area (Å²) in [5.41, 5.74) is 0.127. The molecule has 0 fully saturated rings. The van der Waals surface area contributed by atoms with Crippen molar-refractivity contribution in [3.8, 4) is 0 Å². The molecule has 1 amide bonds. The van der Waals surface area contributed by atoms with E-state index in [9.17, 15) is 27.9 Å². The quantitative estimate of drug-likeness (QED) is 0.662. The highest BCUT2D eigenvalue weighted by Gasteiger charge is 2.30. The van der Waals surface area contributed by atoms with Crippen LogP contribution in [0.3, 0.4) is 0 Å². The molecule has 0 unspecified atom stereocenters. The summed E-state index contributed by atoms with van der Waals surface area (Å²) in [5, 5.41) is 12.7. The summed E-state index contributed by atoms with van der Waals surface area (Å²) < 4.78 is 40.0. The highest BCUT2D eigenvalue weighted by Crippen LogP contribution is 2.29. The minimum Gasteiger partial charge on any atom is -0.394 e. The lowest BCUT2D eigenvalue weighted by Gasteiger charge is -2.16. The first-order valence-electron chi connectivity index (χ1n) is 9.33. The van der Waals surface area contributed by atoms with Crippen LogP contribution in [0, 0.1) is 6.92 Å². The van der Waals surface area contributed by atoms with E-state index in [4.69, 9.17) is 0 Å². The van der Waals surface area contributed by atoms with E-state index in [0.717, 1.165) is 12.1 Å². The fourth-order valence-corrected chi connectivity index (χ4v) is 3.31. The first-order chi connectivity index (χ1) is 14.1. The van der Waals surface area contributed by atoms with Gasteiger partial charge in [-0.3, -0.25) is 9.59 Å². The molecular weight excluding hydrogens is 397 g/mol. The van der Waals surface area contributed by atoms with Gasteiger partial charge in [-0.05, 0) is 49.2 Å². The molecule has 0 spiro atoms. The molecule has 0 aliphatic rings. The van der Waals surface area contributed by atoms with Crippen LogP contribution >= 0.6 is 0 Å². The van der Waals surface area contributed by atoms with Crippen molar-refractivity contribution in [2.75, 3.05) is 6.61 Å². The van der Waals surface area contributed by atoms with Gasteiger partial charge >= 0.3 is 6.18 Å². The number of pyridine rings is 1. The average Bonchev–Trinajstić information content (AvgIpc) is 2.71. The summed E-state index contributed by atoms with van der Waals surface area (Å²) >= 11 is 0. The Hall–Kier alpha value is -3.13. The van der Waals surface area contributed by atoms with E-state index < -0.39 is 23.7 Å². The molecular formula is C22H21F3N2O3. The number of aromatic nitrogens is 1. The van der Waals surface area contributed by atoms with Crippen molar-refractivity contribution in [1.82, 2.24) is 9.88 Å². The fraction of sp³-hybridized carbons (Fsp3) is 0.273. The van der Waals surface area contributed by atoms with Crippen molar-refractivity contribution in [3.05, 3.63) is 81.3 Å². The number of aliphatic hydroxyl groups is 1. The second-order valence-electron chi connectivity index (χ2n) is 7.16. The Bertz CT molecular complexity index is 1150. The van der Waals surface area contributed by atoms with E-state index in [1.165, 1.54) is 22.9 Å². The smallest absolute Gasteiger partial charge is 0.394 e. The number of rotatable bonds is 5. The summed E-state index contributed by atoms with van der Waals surface area (Å²) in [6.07, 6.45) is -2.94. The third kappa shape index (κ3) is 4.23. The summed E-state index contributed by atoms with van der Waals surface area (Å²) in [6.45, 7) is 3.13. The number of carbonyl (C=O) groups is 1. The molecule has 0 saturated carbocycles. The number of alkyl halides is 3. The number of nitrogens with one attached hydrogen (secondary N) is 1. The third-order valence-electron chi connectivity index (χ3n) is 4.99. The van der Waals surface area contributed by atoms with Gasteiger partial charge in [-0.2, -0.15) is 13.2 Å². The summed E-state index contributed by atoms with van der Waals surface area (Å²) in [5.74, 6) is -0.483. The number of aliphatic hydroxyl groups excluding tert-OH is 1. The standard InChI is InChI=1S/C22H21F3N2O3/c1-13-6-7-18-17(8-9-27(21(18)30)14(2)12-28)19(13)20(29)26-11-15-4-3-5-16(10-15)22(23,24)25/h3-10,14,28H,11-12H2,1-2H3,(H,26,29)/t14-/m1/s1. The van der Waals surface area contributed by atoms with Crippen molar-refractivity contribution in [1.29, 1.82) is 0 Å². The van der Waals surface area contributed by atoms with Crippen LogP contribution in [0.2, 0.25) is 0 Å². The fourth-order valence-electron chi connectivity index (χ4n) is 3.31. The summed E-state index contributed by atoms with van der Waals surface area (Å²) in [4.78, 5) is 25.6. The second kappa shape index (κ2) is 8.31. The average molecular weight is 418 g/mol. The third-order valence-corrected chi connectivity index (χ3v) is 4.99. The Morgan fingerprint density at radius 2 is 1.90 bits per heavy atom. The number of amides is 1. The molecule has 3 aromatic rings. The van der Waals surface area contributed by atoms with Crippen LogP contribution in [-0.4, -0.2) is 22.2 Å². The van der Waals surface area contributed by atoms with Crippen molar-refractivity contribution in [2.45, 2.75) is 32.6 Å². The molecule has 0 saturated heterocycles. The van der Waals surface area contributed by atoms with Gasteiger partial charge in [-0.15, -0.1) is 0 Å². The Balaban J connectivity index is 1.93. The first kappa shape index (κ1) is 21.6. The minimum atomic E-state index is -4.46. The zero-order chi connectivity index (χ0) is 22.1. The molecule has 0 aliphatic heterocycles. The van der Waals surface area contributed by atoms with Crippen LogP contribution in [0.15, 0.2) is 53.5 Å². The number of hydrogen-bond acceptors (Lipinski definition) is 3. The molecule has 8 heteroatoms. The Morgan fingerprint density at radius 3 is 2.57 bits per heavy atom. The topological polar surface area (TPSA) is 71.3 Å². The van der Waals surface area contributed by atoms with E-state index in [0.29, 0.717) is 27.5 Å². The first-order valence-corrected chi connectivity index (χ1v) is 9.33. The van der Waals surface area contributed by atoms with Crippen molar-refractivity contribution in [2.24, 2.45) is 0 Å². The Kier molecular flexibility index (Phi) is 5.98. The van der Waals surface area contributed by atoms with Gasteiger partial charge in [0.05, 0.1) is 23.8 Å². The van der Waals surface area contributed by atoms with E-state index >= 15 is 0 Å². The van der Waals surface area contributed by atoms with E-state index in [1.807, 2.05) is 0 Å². The summed E-state index contributed by atoms with van der Waals surface area (Å²) in [7, 11) is 0. The molecule has 1 aromatic heterocycles. The van der Waals surface area contributed by atoms with Gasteiger partial charge in [0.2, 0.25) is 0 Å². The maximum absolute atomic E-state index is 12.9. The van der Waals surface area contributed by atoms with Crippen LogP contribution in [-0.2, 0) is 12.7 Å². The molecule has 0 bridgehead atoms. The molecule has 1 heterocycles. The SMILES string of the molecule is Cc1ccc2c(=O)n([C@H](C)CO)ccc2c1C(=O)NCc1cccc(C(F)(F)F)c1. The van der Waals surface area contributed by atoms with Gasteiger partial charge in [0, 0.05) is 23.5 Å². The van der Waals surface area contributed by atoms with Gasteiger partial charge < -0.3 is 15.0 Å². The molecule has 2 N–H and O–H groups in total. The summed E-state index contributed by atoms with van der Waals surface area (Å²) in [6, 6.07) is 9.24. The molecule has 2 aromatic carbocycles. The number of aryl methyl sites for hydroxylation is 1. The monoisotopic (exact) mass is 418 g/mol. The van der Waals surface area contributed by atoms with Gasteiger partial charge in [0.1, 0.15) is 0 Å². The highest BCUT2D eigenvalue weighted by atomic mass is 19.4. The van der Waals surface area contributed by atoms with Crippen molar-refractivity contribution >= 4 is 16.7 Å². The number of fused-ring (bicyclic) bond motifs is 1. The molecule has 0 radical (unpaired) electrons. The molecule has 158 valence electrons. The molecule has 5 nitrogen and oxygen atoms in total. The molecule has 1 atom stereocenters. The number of hydrogen-bond donors (Lipinski definition) is 2. The predicted octanol–water partition coefficient (Wildman–Crippen LogP) is 3.81. The van der Waals surface area contributed by atoms with Crippen LogP contribution in [0.4, 0.5) is 13.2 Å². The van der Waals surface area contributed by atoms with Gasteiger partial charge in [0.15, 0.2) is 0 Å². The lowest BCUT2D eigenvalue weighted by molar-refractivity contribution is -0.137. The normalized spacial score (nSPS) is 12.7. The van der Waals surface area contributed by atoms with Gasteiger partial charge in [0.25, 0.3) is 11.5 Å². The molecule has 3 rings (SSSR count). The zero-order valence-corrected chi connectivity index (χ0v) is 16.5. The van der Waals surface area contributed by atoms with E-state index in [-0.39, 0.29) is 18.7 Å². The van der Waals surface area contributed by atoms with Crippen LogP contribution < -0.4 is 10.9 Å². The van der Waals surface area contributed by atoms with Crippen LogP contribution in [0.25, 0.3) is 10.8 Å². The van der Waals surface area contributed by atoms with Gasteiger partial charge in [-0.25, -0.2) is 0 Å². The van der Waals surface area contributed by atoms with Crippen molar-refractivity contribution < 1.29 is 23.1 Å². The number of benzene rings is 2. The lowest BCUT2D eigenvalue weighted by atomic mass is 10.00. The van der Waals surface area contributed by atoms with Gasteiger partial charge in [-0.1, -0.05) is 18.2 Å². The lowest BCUT2D eigenvalue weighted by Crippen LogP contribution is -2.27. The predicted molar refractivity (Wildman–Crippen MR) is 107 cm³/mol. The Morgan fingerprint density at radius 1 is 1.17 bits per heavy atom. The second-order valence-corrected chi connectivity index (χ2v) is 7.16. The number of nitrogens with zero attached hydrogens (tertiary/aromatic N) is 1. The maximum Gasteiger partial charge on any atom is 0.416 e.